The van der Waals surface area contributed by atoms with Crippen LogP contribution in [0.25, 0.3) is 124 Å². The standard InChI is InChI=1S/C58H38N6/c1-4-12-35(13-5-1)54-45-24-26-47(59-45)55(36-14-6-2-7-15-36)49-28-30-51(61-49)57(52-31-29-50(62-52)56(37-16-8-3-9-17-37)48-27-25-46(54)60-48)39-21-23-44-53(34-39)64-58(63-44)40-20-22-43-41(33-40)32-38-18-10-11-19-42(38)43/h1-31,33-34,59,62H,32H2,(H,63,64). The molecule has 6 heterocycles. The van der Waals surface area contributed by atoms with Crippen molar-refractivity contribution < 1.29 is 0 Å². The number of nitrogens with zero attached hydrogens (tertiary/aromatic N) is 3. The molecule has 0 atom stereocenters. The number of imidazole rings is 1. The van der Waals surface area contributed by atoms with Gasteiger partial charge < -0.3 is 15.0 Å². The maximum absolute atomic E-state index is 5.50. The fourth-order valence-electron chi connectivity index (χ4n) is 9.83. The second kappa shape index (κ2) is 14.5. The molecular formula is C58H38N6. The van der Waals surface area contributed by atoms with Crippen LogP contribution in [0.4, 0.5) is 0 Å². The number of aromatic amines is 3. The molecular weight excluding hydrogens is 781 g/mol. The molecule has 64 heavy (non-hydrogen) atoms. The summed E-state index contributed by atoms with van der Waals surface area (Å²) in [7, 11) is 0. The van der Waals surface area contributed by atoms with Crippen molar-refractivity contribution in [2.75, 3.05) is 0 Å². The van der Waals surface area contributed by atoms with E-state index in [4.69, 9.17) is 15.0 Å². The molecule has 0 unspecified atom stereocenters. The molecule has 0 saturated heterocycles. The van der Waals surface area contributed by atoms with Crippen molar-refractivity contribution in [3.05, 3.63) is 210 Å². The summed E-state index contributed by atoms with van der Waals surface area (Å²) in [5.74, 6) is 0.855. The van der Waals surface area contributed by atoms with Crippen LogP contribution in [0.2, 0.25) is 0 Å². The molecule has 3 aliphatic rings. The maximum atomic E-state index is 5.50. The van der Waals surface area contributed by atoms with Gasteiger partial charge in [-0.3, -0.25) is 0 Å². The highest BCUT2D eigenvalue weighted by Crippen LogP contribution is 2.41. The Morgan fingerprint density at radius 3 is 1.28 bits per heavy atom. The lowest BCUT2D eigenvalue weighted by atomic mass is 10.0. The van der Waals surface area contributed by atoms with Gasteiger partial charge in [0, 0.05) is 49.9 Å². The SMILES string of the molecule is C1=Cc2nc1c(-c1ccccc1)c1ccc([nH]1)c(-c1ccccc1)c1nc(c(-c3ccc4[nH]c(-c5ccc6c(c5)Cc5ccccc5-6)nc4c3)c3ccc([nH]3)c2-c2ccccc2)C=C1. The molecule has 13 rings (SSSR count). The van der Waals surface area contributed by atoms with Crippen LogP contribution in [0.5, 0.6) is 0 Å². The highest BCUT2D eigenvalue weighted by Gasteiger charge is 2.21. The van der Waals surface area contributed by atoms with E-state index < -0.39 is 0 Å². The number of H-pyrrole nitrogens is 3. The van der Waals surface area contributed by atoms with Crippen molar-refractivity contribution in [2.45, 2.75) is 6.42 Å². The number of fused-ring (bicyclic) bond motifs is 12. The Balaban J connectivity index is 1.07. The quantitative estimate of drug-likeness (QED) is 0.162. The number of nitrogens with one attached hydrogen (secondary N) is 3. The van der Waals surface area contributed by atoms with Crippen molar-refractivity contribution in [1.29, 1.82) is 0 Å². The summed E-state index contributed by atoms with van der Waals surface area (Å²) < 4.78 is 0. The van der Waals surface area contributed by atoms with Crippen LogP contribution in [-0.2, 0) is 6.42 Å². The smallest absolute Gasteiger partial charge is 0.138 e. The van der Waals surface area contributed by atoms with Crippen molar-refractivity contribution in [3.8, 4) is 67.0 Å². The average Bonchev–Trinajstić information content (AvgIpc) is 4.22. The summed E-state index contributed by atoms with van der Waals surface area (Å²) in [6.07, 6.45) is 9.51. The van der Waals surface area contributed by atoms with Gasteiger partial charge in [0.1, 0.15) is 5.82 Å². The van der Waals surface area contributed by atoms with Crippen LogP contribution in [0.15, 0.2) is 176 Å². The summed E-state index contributed by atoms with van der Waals surface area (Å²) in [5.41, 5.74) is 23.9. The summed E-state index contributed by atoms with van der Waals surface area (Å²) >= 11 is 0. The third kappa shape index (κ3) is 5.99. The minimum Gasteiger partial charge on any atom is -0.354 e. The Kier molecular flexibility index (Phi) is 8.18. The van der Waals surface area contributed by atoms with Gasteiger partial charge in [-0.05, 0) is 118 Å². The highest BCUT2D eigenvalue weighted by molar-refractivity contribution is 6.00. The first-order chi connectivity index (χ1) is 31.7. The van der Waals surface area contributed by atoms with Gasteiger partial charge in [-0.2, -0.15) is 0 Å². The first-order valence-electron chi connectivity index (χ1n) is 21.7. The van der Waals surface area contributed by atoms with Gasteiger partial charge in [0.25, 0.3) is 0 Å². The Bertz CT molecular complexity index is 3700. The second-order valence-electron chi connectivity index (χ2n) is 16.6. The van der Waals surface area contributed by atoms with E-state index in [2.05, 4.69) is 215 Å². The molecule has 10 aromatic rings. The Morgan fingerprint density at radius 1 is 0.312 bits per heavy atom. The fraction of sp³-hybridized carbons (Fsp3) is 0.0172. The van der Waals surface area contributed by atoms with Crippen LogP contribution >= 0.6 is 0 Å². The van der Waals surface area contributed by atoms with Crippen LogP contribution in [-0.4, -0.2) is 29.9 Å². The molecule has 3 N–H and O–H groups in total. The Labute approximate surface area is 369 Å². The predicted octanol–water partition coefficient (Wildman–Crippen LogP) is 14.4. The van der Waals surface area contributed by atoms with E-state index in [0.29, 0.717) is 0 Å². The molecule has 6 heteroatoms. The predicted molar refractivity (Wildman–Crippen MR) is 264 cm³/mol. The van der Waals surface area contributed by atoms with E-state index >= 15 is 0 Å². The molecule has 8 bridgehead atoms. The molecule has 6 nitrogen and oxygen atoms in total. The van der Waals surface area contributed by atoms with E-state index in [9.17, 15) is 0 Å². The molecule has 0 spiro atoms. The van der Waals surface area contributed by atoms with Gasteiger partial charge in [0.15, 0.2) is 0 Å². The lowest BCUT2D eigenvalue weighted by molar-refractivity contribution is 1.25. The van der Waals surface area contributed by atoms with Gasteiger partial charge in [-0.25, -0.2) is 15.0 Å². The van der Waals surface area contributed by atoms with Crippen molar-refractivity contribution in [1.82, 2.24) is 29.9 Å². The van der Waals surface area contributed by atoms with Crippen LogP contribution in [0, 0.1) is 0 Å². The molecule has 300 valence electrons. The average molecular weight is 819 g/mol. The van der Waals surface area contributed by atoms with Crippen LogP contribution in [0.3, 0.4) is 0 Å². The summed E-state index contributed by atoms with van der Waals surface area (Å²) in [5, 5.41) is 0. The van der Waals surface area contributed by atoms with E-state index in [0.717, 1.165) is 118 Å². The van der Waals surface area contributed by atoms with E-state index in [1.807, 2.05) is 0 Å². The van der Waals surface area contributed by atoms with Crippen molar-refractivity contribution in [3.63, 3.8) is 0 Å². The fourth-order valence-corrected chi connectivity index (χ4v) is 9.83. The van der Waals surface area contributed by atoms with Crippen molar-refractivity contribution in [2.24, 2.45) is 0 Å². The van der Waals surface area contributed by atoms with Crippen molar-refractivity contribution >= 4 is 57.4 Å². The number of rotatable bonds is 5. The lowest BCUT2D eigenvalue weighted by Crippen LogP contribution is -1.89. The molecule has 1 aliphatic carbocycles. The summed E-state index contributed by atoms with van der Waals surface area (Å²) in [4.78, 5) is 27.5. The number of hydrogen-bond acceptors (Lipinski definition) is 3. The summed E-state index contributed by atoms with van der Waals surface area (Å²) in [6, 6.07) is 62.2. The van der Waals surface area contributed by atoms with Gasteiger partial charge in [-0.1, -0.05) is 133 Å². The first-order valence-corrected chi connectivity index (χ1v) is 21.7. The summed E-state index contributed by atoms with van der Waals surface area (Å²) in [6.45, 7) is 0. The van der Waals surface area contributed by atoms with Gasteiger partial charge in [0.2, 0.25) is 0 Å². The zero-order valence-corrected chi connectivity index (χ0v) is 34.6. The largest absolute Gasteiger partial charge is 0.354 e. The topological polar surface area (TPSA) is 86.0 Å². The maximum Gasteiger partial charge on any atom is 0.138 e. The zero-order valence-electron chi connectivity index (χ0n) is 34.6. The third-order valence-corrected chi connectivity index (χ3v) is 12.8. The Morgan fingerprint density at radius 2 is 0.750 bits per heavy atom. The zero-order chi connectivity index (χ0) is 42.1. The van der Waals surface area contributed by atoms with Gasteiger partial charge in [0.05, 0.1) is 33.8 Å². The molecule has 6 aromatic carbocycles. The molecule has 4 aromatic heterocycles. The molecule has 0 fully saturated rings. The van der Waals surface area contributed by atoms with Gasteiger partial charge in [-0.15, -0.1) is 0 Å². The molecule has 0 saturated carbocycles. The number of hydrogen-bond donors (Lipinski definition) is 3. The normalized spacial score (nSPS) is 12.5. The number of aromatic nitrogens is 6. The molecule has 0 radical (unpaired) electrons. The second-order valence-corrected chi connectivity index (χ2v) is 16.6. The Hall–Kier alpha value is -8.61. The minimum atomic E-state index is 0.855. The molecule has 0 amide bonds. The molecule has 2 aliphatic heterocycles. The third-order valence-electron chi connectivity index (χ3n) is 12.8. The minimum absolute atomic E-state index is 0.855. The van der Waals surface area contributed by atoms with Crippen LogP contribution in [0.1, 0.15) is 33.9 Å². The van der Waals surface area contributed by atoms with Crippen LogP contribution < -0.4 is 0 Å². The lowest BCUT2D eigenvalue weighted by Gasteiger charge is -2.07. The van der Waals surface area contributed by atoms with Gasteiger partial charge >= 0.3 is 0 Å². The van der Waals surface area contributed by atoms with E-state index in [1.165, 1.54) is 22.3 Å². The first kappa shape index (κ1) is 36.1. The highest BCUT2D eigenvalue weighted by atomic mass is 14.9. The number of benzene rings is 6. The monoisotopic (exact) mass is 818 g/mol. The van der Waals surface area contributed by atoms with E-state index in [1.54, 1.807) is 0 Å². The van der Waals surface area contributed by atoms with E-state index in [-0.39, 0.29) is 0 Å².